The molecule has 12 heavy (non-hydrogen) atoms. The summed E-state index contributed by atoms with van der Waals surface area (Å²) in [6.45, 7) is 7.95. The van der Waals surface area contributed by atoms with Gasteiger partial charge in [-0.15, -0.1) is 0 Å². The molecule has 0 heterocycles. The van der Waals surface area contributed by atoms with Gasteiger partial charge in [-0.1, -0.05) is 6.92 Å². The average molecular weight is 175 g/mol. The first kappa shape index (κ1) is 11.9. The summed E-state index contributed by atoms with van der Waals surface area (Å²) in [5, 5.41) is 17.6. The van der Waals surface area contributed by atoms with E-state index in [9.17, 15) is 0 Å². The molecule has 0 fully saturated rings. The maximum Gasteiger partial charge on any atom is 0.0558 e. The Morgan fingerprint density at radius 1 is 1.08 bits per heavy atom. The Morgan fingerprint density at radius 2 is 1.50 bits per heavy atom. The molecule has 0 bridgehead atoms. The molecule has 0 aromatic rings. The molecule has 0 radical (unpaired) electrons. The summed E-state index contributed by atoms with van der Waals surface area (Å²) in [5.41, 5.74) is 0.0749. The van der Waals surface area contributed by atoms with Crippen LogP contribution < -0.4 is 0 Å². The Hall–Kier alpha value is -0.120. The fraction of sp³-hybridized carbons (Fsp3) is 1.00. The Morgan fingerprint density at radius 3 is 1.75 bits per heavy atom. The molecule has 0 aliphatic heterocycles. The quantitative estimate of drug-likeness (QED) is 0.616. The van der Waals surface area contributed by atoms with Crippen LogP contribution in [0.3, 0.4) is 0 Å². The smallest absolute Gasteiger partial charge is 0.0558 e. The van der Waals surface area contributed by atoms with E-state index in [4.69, 9.17) is 10.2 Å². The highest BCUT2D eigenvalue weighted by molar-refractivity contribution is 4.79. The first-order valence-electron chi connectivity index (χ1n) is 4.55. The molecule has 0 aliphatic carbocycles. The van der Waals surface area contributed by atoms with Crippen molar-refractivity contribution in [1.82, 2.24) is 4.90 Å². The van der Waals surface area contributed by atoms with E-state index >= 15 is 0 Å². The number of hydrogen-bond donors (Lipinski definition) is 2. The predicted molar refractivity (Wildman–Crippen MR) is 50.1 cm³/mol. The molecule has 0 amide bonds. The lowest BCUT2D eigenvalue weighted by molar-refractivity contribution is 0.0702. The Labute approximate surface area is 75.0 Å². The fourth-order valence-corrected chi connectivity index (χ4v) is 1.18. The minimum absolute atomic E-state index is 0.0749. The number of β-amino-alcohol motifs (C(OH)–C–C–N with tert-alkyl or cyclic N) is 2. The Kier molecular flexibility index (Phi) is 5.46. The second kappa shape index (κ2) is 5.51. The summed E-state index contributed by atoms with van der Waals surface area (Å²) in [7, 11) is 0. The van der Waals surface area contributed by atoms with Crippen molar-refractivity contribution in [2.24, 2.45) is 0 Å². The van der Waals surface area contributed by atoms with Gasteiger partial charge in [-0.05, 0) is 20.3 Å². The molecular formula is C9H21NO2. The lowest BCUT2D eigenvalue weighted by Crippen LogP contribution is -2.46. The molecule has 0 aliphatic rings. The zero-order valence-electron chi connectivity index (χ0n) is 8.38. The third-order valence-corrected chi connectivity index (χ3v) is 2.46. The van der Waals surface area contributed by atoms with E-state index in [1.54, 1.807) is 0 Å². The molecule has 74 valence electrons. The van der Waals surface area contributed by atoms with Crippen LogP contribution in [0.4, 0.5) is 0 Å². The van der Waals surface area contributed by atoms with Crippen molar-refractivity contribution in [3.63, 3.8) is 0 Å². The summed E-state index contributed by atoms with van der Waals surface area (Å²) < 4.78 is 0. The molecule has 3 heteroatoms. The Balaban J connectivity index is 4.07. The highest BCUT2D eigenvalue weighted by atomic mass is 16.3. The van der Waals surface area contributed by atoms with Crippen LogP contribution in [0.1, 0.15) is 27.2 Å². The van der Waals surface area contributed by atoms with E-state index < -0.39 is 0 Å². The molecule has 0 atom stereocenters. The van der Waals surface area contributed by atoms with Crippen molar-refractivity contribution in [3.05, 3.63) is 0 Å². The second-order valence-electron chi connectivity index (χ2n) is 3.60. The molecule has 0 rings (SSSR count). The fourth-order valence-electron chi connectivity index (χ4n) is 1.18. The van der Waals surface area contributed by atoms with Crippen LogP contribution in [0.15, 0.2) is 0 Å². The molecular weight excluding hydrogens is 154 g/mol. The molecule has 0 spiro atoms. The highest BCUT2D eigenvalue weighted by Crippen LogP contribution is 2.17. The van der Waals surface area contributed by atoms with Gasteiger partial charge < -0.3 is 10.2 Å². The number of rotatable bonds is 6. The van der Waals surface area contributed by atoms with E-state index in [1.165, 1.54) is 0 Å². The number of aliphatic hydroxyl groups is 2. The number of aliphatic hydroxyl groups excluding tert-OH is 2. The van der Waals surface area contributed by atoms with E-state index in [0.29, 0.717) is 13.1 Å². The zero-order chi connectivity index (χ0) is 9.61. The number of nitrogens with zero attached hydrogens (tertiary/aromatic N) is 1. The van der Waals surface area contributed by atoms with Gasteiger partial charge in [0.05, 0.1) is 13.2 Å². The van der Waals surface area contributed by atoms with E-state index in [2.05, 4.69) is 25.7 Å². The first-order chi connectivity index (χ1) is 5.58. The highest BCUT2D eigenvalue weighted by Gasteiger charge is 2.23. The van der Waals surface area contributed by atoms with Crippen molar-refractivity contribution >= 4 is 0 Å². The van der Waals surface area contributed by atoms with Crippen molar-refractivity contribution in [3.8, 4) is 0 Å². The lowest BCUT2D eigenvalue weighted by Gasteiger charge is -2.37. The second-order valence-corrected chi connectivity index (χ2v) is 3.60. The van der Waals surface area contributed by atoms with Gasteiger partial charge in [-0.3, -0.25) is 4.90 Å². The number of hydrogen-bond acceptors (Lipinski definition) is 3. The standard InChI is InChI=1S/C9H21NO2/c1-4-9(2,3)10(5-7-11)6-8-12/h11-12H,4-8H2,1-3H3. The minimum atomic E-state index is 0.0749. The van der Waals surface area contributed by atoms with Crippen LogP contribution in [0.2, 0.25) is 0 Å². The minimum Gasteiger partial charge on any atom is -0.395 e. The summed E-state index contributed by atoms with van der Waals surface area (Å²) in [5.74, 6) is 0. The zero-order valence-corrected chi connectivity index (χ0v) is 8.38. The SMILES string of the molecule is CCC(C)(C)N(CCO)CCO. The van der Waals surface area contributed by atoms with E-state index in [-0.39, 0.29) is 18.8 Å². The monoisotopic (exact) mass is 175 g/mol. The van der Waals surface area contributed by atoms with Gasteiger partial charge in [-0.2, -0.15) is 0 Å². The van der Waals surface area contributed by atoms with Crippen molar-refractivity contribution < 1.29 is 10.2 Å². The van der Waals surface area contributed by atoms with E-state index in [1.807, 2.05) is 0 Å². The van der Waals surface area contributed by atoms with Crippen molar-refractivity contribution in [2.45, 2.75) is 32.7 Å². The maximum atomic E-state index is 8.80. The van der Waals surface area contributed by atoms with Crippen LogP contribution in [0.25, 0.3) is 0 Å². The molecule has 0 saturated carbocycles. The van der Waals surface area contributed by atoms with Crippen LogP contribution in [-0.4, -0.2) is 47.0 Å². The van der Waals surface area contributed by atoms with Gasteiger partial charge in [-0.25, -0.2) is 0 Å². The lowest BCUT2D eigenvalue weighted by atomic mass is 9.99. The summed E-state index contributed by atoms with van der Waals surface area (Å²) in [4.78, 5) is 2.10. The van der Waals surface area contributed by atoms with Gasteiger partial charge in [0.1, 0.15) is 0 Å². The topological polar surface area (TPSA) is 43.7 Å². The molecule has 3 nitrogen and oxygen atoms in total. The first-order valence-corrected chi connectivity index (χ1v) is 4.55. The molecule has 2 N–H and O–H groups in total. The molecule has 0 aromatic heterocycles. The van der Waals surface area contributed by atoms with E-state index in [0.717, 1.165) is 6.42 Å². The van der Waals surface area contributed by atoms with Crippen LogP contribution in [0.5, 0.6) is 0 Å². The van der Waals surface area contributed by atoms with Crippen LogP contribution >= 0.6 is 0 Å². The van der Waals surface area contributed by atoms with Gasteiger partial charge >= 0.3 is 0 Å². The summed E-state index contributed by atoms with van der Waals surface area (Å²) >= 11 is 0. The average Bonchev–Trinajstić information content (AvgIpc) is 2.04. The normalized spacial score (nSPS) is 12.5. The predicted octanol–water partition coefficient (Wildman–Crippen LogP) is 0.462. The molecule has 0 aromatic carbocycles. The third-order valence-electron chi connectivity index (χ3n) is 2.46. The van der Waals surface area contributed by atoms with Crippen LogP contribution in [0, 0.1) is 0 Å². The van der Waals surface area contributed by atoms with Gasteiger partial charge in [0.15, 0.2) is 0 Å². The van der Waals surface area contributed by atoms with Gasteiger partial charge in [0.2, 0.25) is 0 Å². The largest absolute Gasteiger partial charge is 0.395 e. The van der Waals surface area contributed by atoms with Crippen molar-refractivity contribution in [1.29, 1.82) is 0 Å². The van der Waals surface area contributed by atoms with Gasteiger partial charge in [0, 0.05) is 18.6 Å². The summed E-state index contributed by atoms with van der Waals surface area (Å²) in [6, 6.07) is 0. The van der Waals surface area contributed by atoms with Crippen molar-refractivity contribution in [2.75, 3.05) is 26.3 Å². The molecule has 0 unspecified atom stereocenters. The van der Waals surface area contributed by atoms with Crippen LogP contribution in [-0.2, 0) is 0 Å². The third kappa shape index (κ3) is 3.52. The molecule has 0 saturated heterocycles. The Bertz CT molecular complexity index is 109. The maximum absolute atomic E-state index is 8.80. The van der Waals surface area contributed by atoms with Gasteiger partial charge in [0.25, 0.3) is 0 Å². The summed E-state index contributed by atoms with van der Waals surface area (Å²) in [6.07, 6.45) is 1.02.